The van der Waals surface area contributed by atoms with Gasteiger partial charge < -0.3 is 0 Å². The van der Waals surface area contributed by atoms with Crippen molar-refractivity contribution < 1.29 is 4.79 Å². The molecule has 5 nitrogen and oxygen atoms in total. The molecule has 0 saturated heterocycles. The lowest BCUT2D eigenvalue weighted by Gasteiger charge is -2.03. The van der Waals surface area contributed by atoms with Gasteiger partial charge in [-0.1, -0.05) is 29.5 Å². The Morgan fingerprint density at radius 1 is 1.10 bits per heavy atom. The number of pyridine rings is 1. The number of carbonyl (C=O) groups excluding carboxylic acids is 1. The van der Waals surface area contributed by atoms with Gasteiger partial charge in [0.1, 0.15) is 4.83 Å². The summed E-state index contributed by atoms with van der Waals surface area (Å²) in [6.45, 7) is 0. The minimum absolute atomic E-state index is 0.245. The van der Waals surface area contributed by atoms with Crippen LogP contribution in [0.4, 0.5) is 5.13 Å². The lowest BCUT2D eigenvalue weighted by Crippen LogP contribution is -2.15. The lowest BCUT2D eigenvalue weighted by molar-refractivity contribution is 0.102. The van der Waals surface area contributed by atoms with Crippen LogP contribution in [0.15, 0.2) is 53.5 Å². The van der Waals surface area contributed by atoms with E-state index in [0.29, 0.717) is 15.8 Å². The molecule has 0 saturated carbocycles. The third-order valence-corrected chi connectivity index (χ3v) is 3.56. The highest BCUT2D eigenvalue weighted by molar-refractivity contribution is 7.21. The number of nitrogens with zero attached hydrogens (tertiary/aromatic N) is 2. The maximum absolute atomic E-state index is 12.0. The van der Waals surface area contributed by atoms with Crippen molar-refractivity contribution in [2.75, 3.05) is 5.32 Å². The van der Waals surface area contributed by atoms with Crippen LogP contribution >= 0.6 is 11.3 Å². The molecular weight excluding hydrogens is 274 g/mol. The van der Waals surface area contributed by atoms with Gasteiger partial charge in [-0.3, -0.25) is 14.9 Å². The number of amides is 1. The monoisotopic (exact) mass is 283 g/mol. The second kappa shape index (κ2) is 5.18. The number of benzene rings is 1. The van der Waals surface area contributed by atoms with E-state index in [2.05, 4.69) is 15.3 Å². The van der Waals surface area contributed by atoms with E-state index in [1.165, 1.54) is 11.3 Å². The van der Waals surface area contributed by atoms with Gasteiger partial charge >= 0.3 is 0 Å². The minimum atomic E-state index is -0.393. The average Bonchev–Trinajstić information content (AvgIpc) is 2.48. The van der Waals surface area contributed by atoms with Gasteiger partial charge in [0.25, 0.3) is 11.5 Å². The molecule has 1 aromatic carbocycles. The Morgan fingerprint density at radius 2 is 1.90 bits per heavy atom. The van der Waals surface area contributed by atoms with E-state index in [9.17, 15) is 9.59 Å². The summed E-state index contributed by atoms with van der Waals surface area (Å²) in [5.74, 6) is -0.302. The zero-order chi connectivity index (χ0) is 13.9. The van der Waals surface area contributed by atoms with E-state index in [1.54, 1.807) is 42.6 Å². The highest BCUT2D eigenvalue weighted by Gasteiger charge is 2.09. The molecule has 0 radical (unpaired) electrons. The van der Waals surface area contributed by atoms with E-state index >= 15 is 0 Å². The third-order valence-electron chi connectivity index (χ3n) is 2.65. The first-order chi connectivity index (χ1) is 9.74. The molecule has 2 aromatic heterocycles. The second-order valence-corrected chi connectivity index (χ2v) is 4.98. The molecule has 0 fully saturated rings. The fourth-order valence-electron chi connectivity index (χ4n) is 1.71. The predicted octanol–water partition coefficient (Wildman–Crippen LogP) is 2.30. The summed E-state index contributed by atoms with van der Waals surface area (Å²) >= 11 is 1.17. The first-order valence-corrected chi connectivity index (χ1v) is 6.68. The Labute approximate surface area is 117 Å². The van der Waals surface area contributed by atoms with Crippen molar-refractivity contribution in [3.8, 4) is 0 Å². The van der Waals surface area contributed by atoms with Crippen LogP contribution in [0.2, 0.25) is 0 Å². The van der Waals surface area contributed by atoms with Crippen LogP contribution in [0.1, 0.15) is 10.4 Å². The molecule has 1 N–H and O–H groups in total. The Balaban J connectivity index is 1.96. The maximum atomic E-state index is 12.0. The standard InChI is InChI=1S/C14H9N3O2S/c18-11(9-5-2-1-3-6-9)16-14-17-12(19)10-7-4-8-15-13(10)20-14/h1-8H,(H,16,17,18,19). The van der Waals surface area contributed by atoms with Crippen LogP contribution < -0.4 is 10.9 Å². The van der Waals surface area contributed by atoms with Crippen molar-refractivity contribution in [3.63, 3.8) is 0 Å². The van der Waals surface area contributed by atoms with Crippen molar-refractivity contribution >= 4 is 32.6 Å². The fraction of sp³-hybridized carbons (Fsp3) is 0. The smallest absolute Gasteiger partial charge is 0.282 e. The van der Waals surface area contributed by atoms with Crippen LogP contribution in [0, 0.1) is 0 Å². The van der Waals surface area contributed by atoms with Crippen molar-refractivity contribution in [1.29, 1.82) is 0 Å². The highest BCUT2D eigenvalue weighted by atomic mass is 32.1. The zero-order valence-electron chi connectivity index (χ0n) is 10.2. The van der Waals surface area contributed by atoms with Crippen molar-refractivity contribution in [2.45, 2.75) is 0 Å². The van der Waals surface area contributed by atoms with Gasteiger partial charge in [0, 0.05) is 11.8 Å². The summed E-state index contributed by atoms with van der Waals surface area (Å²) in [7, 11) is 0. The zero-order valence-corrected chi connectivity index (χ0v) is 11.1. The molecule has 98 valence electrons. The first kappa shape index (κ1) is 12.4. The Bertz CT molecular complexity index is 830. The van der Waals surface area contributed by atoms with Crippen LogP contribution in [0.25, 0.3) is 10.2 Å². The highest BCUT2D eigenvalue weighted by Crippen LogP contribution is 2.18. The Hall–Kier alpha value is -2.60. The predicted molar refractivity (Wildman–Crippen MR) is 78.1 cm³/mol. The molecule has 0 unspecified atom stereocenters. The molecule has 6 heteroatoms. The molecule has 0 aliphatic rings. The van der Waals surface area contributed by atoms with Crippen LogP contribution in [-0.2, 0) is 0 Å². The molecular formula is C14H9N3O2S. The van der Waals surface area contributed by atoms with Crippen molar-refractivity contribution in [2.24, 2.45) is 0 Å². The molecule has 3 rings (SSSR count). The summed E-state index contributed by atoms with van der Waals surface area (Å²) in [5.41, 5.74) is 0.116. The third kappa shape index (κ3) is 2.41. The number of nitrogens with one attached hydrogen (secondary N) is 1. The van der Waals surface area contributed by atoms with Gasteiger partial charge in [-0.2, -0.15) is 4.98 Å². The summed E-state index contributed by atoms with van der Waals surface area (Å²) in [4.78, 5) is 32.3. The minimum Gasteiger partial charge on any atom is -0.298 e. The van der Waals surface area contributed by atoms with Gasteiger partial charge in [-0.15, -0.1) is 0 Å². The van der Waals surface area contributed by atoms with E-state index in [0.717, 1.165) is 0 Å². The van der Waals surface area contributed by atoms with Gasteiger partial charge in [0.05, 0.1) is 5.39 Å². The number of aromatic nitrogens is 2. The van der Waals surface area contributed by atoms with E-state index in [4.69, 9.17) is 0 Å². The van der Waals surface area contributed by atoms with Crippen molar-refractivity contribution in [1.82, 2.24) is 9.97 Å². The lowest BCUT2D eigenvalue weighted by atomic mass is 10.2. The van der Waals surface area contributed by atoms with Gasteiger partial charge in [0.2, 0.25) is 0 Å². The van der Waals surface area contributed by atoms with Gasteiger partial charge in [-0.25, -0.2) is 4.98 Å². The molecule has 20 heavy (non-hydrogen) atoms. The maximum Gasteiger partial charge on any atom is 0.282 e. The van der Waals surface area contributed by atoms with Crippen molar-refractivity contribution in [3.05, 3.63) is 64.6 Å². The molecule has 1 amide bonds. The van der Waals surface area contributed by atoms with E-state index in [-0.39, 0.29) is 11.0 Å². The topological polar surface area (TPSA) is 72.0 Å². The molecule has 0 aliphatic carbocycles. The quantitative estimate of drug-likeness (QED) is 0.783. The Morgan fingerprint density at radius 3 is 2.70 bits per heavy atom. The molecule has 0 aliphatic heterocycles. The number of anilines is 1. The fourth-order valence-corrected chi connectivity index (χ4v) is 2.55. The number of hydrogen-bond donors (Lipinski definition) is 1. The van der Waals surface area contributed by atoms with Gasteiger partial charge in [0.15, 0.2) is 5.13 Å². The van der Waals surface area contributed by atoms with Crippen LogP contribution in [0.3, 0.4) is 0 Å². The average molecular weight is 283 g/mol. The molecule has 0 atom stereocenters. The summed E-state index contributed by atoms with van der Waals surface area (Å²) < 4.78 is 0. The summed E-state index contributed by atoms with van der Waals surface area (Å²) in [6.07, 6.45) is 1.60. The van der Waals surface area contributed by atoms with Crippen LogP contribution in [0.5, 0.6) is 0 Å². The van der Waals surface area contributed by atoms with E-state index < -0.39 is 5.56 Å². The molecule has 3 aromatic rings. The molecule has 0 bridgehead atoms. The first-order valence-electron chi connectivity index (χ1n) is 5.86. The van der Waals surface area contributed by atoms with E-state index in [1.807, 2.05) is 6.07 Å². The normalized spacial score (nSPS) is 10.4. The summed E-state index contributed by atoms with van der Waals surface area (Å²) in [5, 5.41) is 3.32. The Kier molecular flexibility index (Phi) is 3.22. The number of rotatable bonds is 2. The number of carbonyl (C=O) groups is 1. The summed E-state index contributed by atoms with van der Waals surface area (Å²) in [6, 6.07) is 12.1. The SMILES string of the molecule is O=C(Nc1nc(=O)c2cccnc2s1)c1ccccc1. The van der Waals surface area contributed by atoms with Crippen LogP contribution in [-0.4, -0.2) is 15.9 Å². The molecule has 2 heterocycles. The second-order valence-electron chi connectivity index (χ2n) is 4.00. The number of fused-ring (bicyclic) bond motifs is 1. The van der Waals surface area contributed by atoms with Gasteiger partial charge in [-0.05, 0) is 24.3 Å². The largest absolute Gasteiger partial charge is 0.298 e. The number of hydrogen-bond acceptors (Lipinski definition) is 5. The molecule has 0 spiro atoms.